The number of aliphatic carboxylic acids is 1. The molecule has 3 atom stereocenters. The quantitative estimate of drug-likeness (QED) is 0.608. The molecule has 0 radical (unpaired) electrons. The zero-order chi connectivity index (χ0) is 11.8. The van der Waals surface area contributed by atoms with Crippen LogP contribution in [0, 0.1) is 17.3 Å². The van der Waals surface area contributed by atoms with Gasteiger partial charge in [0, 0.05) is 6.04 Å². The Bertz CT molecular complexity index is 287. The van der Waals surface area contributed by atoms with Gasteiger partial charge < -0.3 is 15.5 Å². The number of carbonyl (C=O) groups is 2. The Morgan fingerprint density at radius 1 is 1.40 bits per heavy atom. The monoisotopic (exact) mass is 215 g/mol. The number of rotatable bonds is 4. The van der Waals surface area contributed by atoms with Crippen molar-refractivity contribution >= 4 is 11.9 Å². The van der Waals surface area contributed by atoms with Crippen molar-refractivity contribution in [2.75, 3.05) is 6.61 Å². The van der Waals surface area contributed by atoms with Gasteiger partial charge in [-0.05, 0) is 12.3 Å². The molecule has 15 heavy (non-hydrogen) atoms. The van der Waals surface area contributed by atoms with E-state index in [4.69, 9.17) is 10.2 Å². The second-order valence-corrected chi connectivity index (χ2v) is 4.71. The van der Waals surface area contributed by atoms with Gasteiger partial charge >= 0.3 is 5.97 Å². The molecule has 0 aromatic rings. The molecule has 0 heterocycles. The highest BCUT2D eigenvalue weighted by Gasteiger charge is 2.65. The lowest BCUT2D eigenvalue weighted by molar-refractivity contribution is -0.140. The van der Waals surface area contributed by atoms with Crippen LogP contribution >= 0.6 is 0 Å². The minimum absolute atomic E-state index is 0.142. The van der Waals surface area contributed by atoms with Gasteiger partial charge in [0.15, 0.2) is 0 Å². The van der Waals surface area contributed by atoms with Gasteiger partial charge in [0.05, 0.1) is 18.4 Å². The molecule has 1 aliphatic rings. The van der Waals surface area contributed by atoms with Crippen LogP contribution < -0.4 is 5.32 Å². The molecule has 3 N–H and O–H groups in total. The number of hydrogen-bond donors (Lipinski definition) is 3. The van der Waals surface area contributed by atoms with Crippen LogP contribution in [0.5, 0.6) is 0 Å². The third-order valence-electron chi connectivity index (χ3n) is 3.04. The number of carboxylic acids is 1. The van der Waals surface area contributed by atoms with Crippen LogP contribution in [0.25, 0.3) is 0 Å². The Morgan fingerprint density at radius 2 is 1.93 bits per heavy atom. The Hall–Kier alpha value is -1.10. The van der Waals surface area contributed by atoms with E-state index in [1.54, 1.807) is 20.8 Å². The van der Waals surface area contributed by atoms with E-state index in [2.05, 4.69) is 5.32 Å². The lowest BCUT2D eigenvalue weighted by atomic mass is 10.1. The number of nitrogens with one attached hydrogen (secondary N) is 1. The smallest absolute Gasteiger partial charge is 0.307 e. The van der Waals surface area contributed by atoms with E-state index in [1.807, 2.05) is 0 Å². The molecule has 1 aliphatic carbocycles. The van der Waals surface area contributed by atoms with Crippen molar-refractivity contribution in [1.82, 2.24) is 5.32 Å². The summed E-state index contributed by atoms with van der Waals surface area (Å²) in [7, 11) is 0. The van der Waals surface area contributed by atoms with E-state index in [0.717, 1.165) is 0 Å². The molecule has 5 heteroatoms. The molecule has 1 saturated carbocycles. The molecule has 86 valence electrons. The number of hydrogen-bond acceptors (Lipinski definition) is 3. The van der Waals surface area contributed by atoms with Crippen LogP contribution in [0.2, 0.25) is 0 Å². The van der Waals surface area contributed by atoms with E-state index in [1.165, 1.54) is 0 Å². The molecule has 5 nitrogen and oxygen atoms in total. The maximum Gasteiger partial charge on any atom is 0.307 e. The molecule has 0 aromatic carbocycles. The zero-order valence-electron chi connectivity index (χ0n) is 9.15. The summed E-state index contributed by atoms with van der Waals surface area (Å²) in [5, 5.41) is 20.2. The Labute approximate surface area is 88.5 Å². The maximum absolute atomic E-state index is 11.6. The fourth-order valence-electron chi connectivity index (χ4n) is 1.97. The molecule has 1 rings (SSSR count). The molecule has 0 aliphatic heterocycles. The van der Waals surface area contributed by atoms with Crippen molar-refractivity contribution in [3.63, 3.8) is 0 Å². The molecule has 3 unspecified atom stereocenters. The molecule has 0 bridgehead atoms. The Morgan fingerprint density at radius 3 is 2.27 bits per heavy atom. The topological polar surface area (TPSA) is 86.6 Å². The summed E-state index contributed by atoms with van der Waals surface area (Å²) in [6.45, 7) is 5.05. The van der Waals surface area contributed by atoms with E-state index < -0.39 is 23.2 Å². The minimum Gasteiger partial charge on any atom is -0.481 e. The molecule has 1 fully saturated rings. The van der Waals surface area contributed by atoms with Gasteiger partial charge in [0.25, 0.3) is 0 Å². The van der Waals surface area contributed by atoms with Crippen molar-refractivity contribution < 1.29 is 19.8 Å². The van der Waals surface area contributed by atoms with Gasteiger partial charge in [-0.1, -0.05) is 13.8 Å². The fourth-order valence-corrected chi connectivity index (χ4v) is 1.97. The predicted molar refractivity (Wildman–Crippen MR) is 53.1 cm³/mol. The normalized spacial score (nSPS) is 29.3. The Kier molecular flexibility index (Phi) is 3.04. The first-order valence-electron chi connectivity index (χ1n) is 4.96. The van der Waals surface area contributed by atoms with Gasteiger partial charge in [-0.3, -0.25) is 9.59 Å². The third-order valence-corrected chi connectivity index (χ3v) is 3.04. The van der Waals surface area contributed by atoms with Crippen molar-refractivity contribution in [1.29, 1.82) is 0 Å². The van der Waals surface area contributed by atoms with Crippen LogP contribution in [-0.2, 0) is 9.59 Å². The number of carbonyl (C=O) groups excluding carboxylic acids is 1. The fraction of sp³-hybridized carbons (Fsp3) is 0.800. The molecule has 0 saturated heterocycles. The summed E-state index contributed by atoms with van der Waals surface area (Å²) >= 11 is 0. The molecule has 1 amide bonds. The third kappa shape index (κ3) is 2.12. The highest BCUT2D eigenvalue weighted by Crippen LogP contribution is 2.58. The van der Waals surface area contributed by atoms with Crippen LogP contribution in [0.3, 0.4) is 0 Å². The number of carboxylic acid groups (broad SMARTS) is 1. The molecular weight excluding hydrogens is 198 g/mol. The van der Waals surface area contributed by atoms with Crippen molar-refractivity contribution in [3.8, 4) is 0 Å². The van der Waals surface area contributed by atoms with Crippen molar-refractivity contribution in [2.24, 2.45) is 17.3 Å². The van der Waals surface area contributed by atoms with Crippen molar-refractivity contribution in [2.45, 2.75) is 26.8 Å². The van der Waals surface area contributed by atoms with E-state index >= 15 is 0 Å². The summed E-state index contributed by atoms with van der Waals surface area (Å²) in [6.07, 6.45) is 0. The van der Waals surface area contributed by atoms with Gasteiger partial charge in [-0.2, -0.15) is 0 Å². The van der Waals surface area contributed by atoms with Crippen LogP contribution in [0.4, 0.5) is 0 Å². The number of aliphatic hydroxyl groups excluding tert-OH is 1. The average Bonchev–Trinajstić information content (AvgIpc) is 2.68. The molecule has 0 aromatic heterocycles. The summed E-state index contributed by atoms with van der Waals surface area (Å²) < 4.78 is 0. The van der Waals surface area contributed by atoms with Crippen LogP contribution in [0.15, 0.2) is 0 Å². The first-order valence-corrected chi connectivity index (χ1v) is 4.96. The standard InChI is InChI=1S/C10H17NO4/c1-5(4-12)11-8(13)6-7(9(14)15)10(6,2)3/h5-7,12H,4H2,1-3H3,(H,11,13)(H,14,15). The first-order chi connectivity index (χ1) is 6.82. The summed E-state index contributed by atoms with van der Waals surface area (Å²) in [6, 6.07) is -0.330. The second kappa shape index (κ2) is 3.81. The van der Waals surface area contributed by atoms with E-state index in [0.29, 0.717) is 0 Å². The van der Waals surface area contributed by atoms with Crippen molar-refractivity contribution in [3.05, 3.63) is 0 Å². The van der Waals surface area contributed by atoms with Gasteiger partial charge in [-0.15, -0.1) is 0 Å². The maximum atomic E-state index is 11.6. The average molecular weight is 215 g/mol. The van der Waals surface area contributed by atoms with Gasteiger partial charge in [0.1, 0.15) is 0 Å². The highest BCUT2D eigenvalue weighted by atomic mass is 16.4. The molecular formula is C10H17NO4. The van der Waals surface area contributed by atoms with Gasteiger partial charge in [-0.25, -0.2) is 0 Å². The van der Waals surface area contributed by atoms with Gasteiger partial charge in [0.2, 0.25) is 5.91 Å². The summed E-state index contributed by atoms with van der Waals surface area (Å²) in [5.41, 5.74) is -0.481. The number of aliphatic hydroxyl groups is 1. The Balaban J connectivity index is 2.60. The SMILES string of the molecule is CC(CO)NC(=O)C1C(C(=O)O)C1(C)C. The second-order valence-electron chi connectivity index (χ2n) is 4.71. The molecule has 0 spiro atoms. The lowest BCUT2D eigenvalue weighted by Crippen LogP contribution is -2.37. The summed E-state index contributed by atoms with van der Waals surface area (Å²) in [4.78, 5) is 22.4. The van der Waals surface area contributed by atoms with Crippen LogP contribution in [-0.4, -0.2) is 34.7 Å². The summed E-state index contributed by atoms with van der Waals surface area (Å²) in [5.74, 6) is -2.31. The predicted octanol–water partition coefficient (Wildman–Crippen LogP) is -0.160. The van der Waals surface area contributed by atoms with E-state index in [9.17, 15) is 9.59 Å². The minimum atomic E-state index is -0.934. The first kappa shape index (κ1) is 12.0. The largest absolute Gasteiger partial charge is 0.481 e. The highest BCUT2D eigenvalue weighted by molar-refractivity contribution is 5.91. The lowest BCUT2D eigenvalue weighted by Gasteiger charge is -2.11. The number of amides is 1. The zero-order valence-corrected chi connectivity index (χ0v) is 9.15. The van der Waals surface area contributed by atoms with E-state index in [-0.39, 0.29) is 18.6 Å². The van der Waals surface area contributed by atoms with Crippen LogP contribution in [0.1, 0.15) is 20.8 Å².